The molecule has 0 aromatic carbocycles. The molecule has 17 heavy (non-hydrogen) atoms. The largest absolute Gasteiger partial charge is 0.481 e. The van der Waals surface area contributed by atoms with Crippen LogP contribution in [0.3, 0.4) is 0 Å². The summed E-state index contributed by atoms with van der Waals surface area (Å²) < 4.78 is 0.609. The number of hydrogen-bond acceptors (Lipinski definition) is 3. The van der Waals surface area contributed by atoms with Gasteiger partial charge in [0.15, 0.2) is 0 Å². The molecule has 5 heteroatoms. The summed E-state index contributed by atoms with van der Waals surface area (Å²) in [4.78, 5) is 11.9. The molecule has 3 atom stereocenters. The van der Waals surface area contributed by atoms with E-state index in [9.17, 15) is 9.90 Å². The van der Waals surface area contributed by atoms with Gasteiger partial charge >= 0.3 is 5.97 Å². The van der Waals surface area contributed by atoms with Gasteiger partial charge in [-0.15, -0.1) is 11.3 Å². The normalized spacial score (nSPS) is 25.8. The summed E-state index contributed by atoms with van der Waals surface area (Å²) in [5.41, 5.74) is 0. The minimum atomic E-state index is -0.846. The molecule has 92 valence electrons. The molecule has 0 fully saturated rings. The van der Waals surface area contributed by atoms with Crippen LogP contribution in [-0.2, 0) is 4.79 Å². The van der Waals surface area contributed by atoms with Crippen LogP contribution in [0.25, 0.3) is 0 Å². The van der Waals surface area contributed by atoms with Crippen LogP contribution in [0.2, 0.25) is 4.34 Å². The zero-order valence-corrected chi connectivity index (χ0v) is 10.6. The second-order valence-corrected chi connectivity index (χ2v) is 5.88. The van der Waals surface area contributed by atoms with E-state index in [1.54, 1.807) is 12.1 Å². The van der Waals surface area contributed by atoms with Crippen LogP contribution in [0, 0.1) is 11.8 Å². The van der Waals surface area contributed by atoms with Gasteiger partial charge in [-0.2, -0.15) is 0 Å². The number of halogens is 1. The Balaban J connectivity index is 2.20. The Morgan fingerprint density at radius 1 is 1.41 bits per heavy atom. The zero-order chi connectivity index (χ0) is 12.4. The fraction of sp³-hybridized carbons (Fsp3) is 0.417. The van der Waals surface area contributed by atoms with Gasteiger partial charge in [-0.3, -0.25) is 4.79 Å². The molecule has 0 saturated heterocycles. The summed E-state index contributed by atoms with van der Waals surface area (Å²) in [7, 11) is 0. The predicted molar refractivity (Wildman–Crippen MR) is 67.3 cm³/mol. The molecule has 1 aromatic heterocycles. The van der Waals surface area contributed by atoms with E-state index in [2.05, 4.69) is 0 Å². The highest BCUT2D eigenvalue weighted by molar-refractivity contribution is 7.16. The maximum absolute atomic E-state index is 11.1. The predicted octanol–water partition coefficient (Wildman–Crippen LogP) is 3.10. The van der Waals surface area contributed by atoms with Crippen LogP contribution in [-0.4, -0.2) is 16.2 Å². The number of thiophene rings is 1. The number of carboxylic acid groups (broad SMARTS) is 1. The van der Waals surface area contributed by atoms with E-state index in [-0.39, 0.29) is 5.92 Å². The van der Waals surface area contributed by atoms with E-state index in [1.807, 2.05) is 12.2 Å². The third-order valence-electron chi connectivity index (χ3n) is 3.09. The van der Waals surface area contributed by atoms with E-state index in [0.717, 1.165) is 4.88 Å². The van der Waals surface area contributed by atoms with Crippen molar-refractivity contribution in [3.05, 3.63) is 33.5 Å². The first-order chi connectivity index (χ1) is 8.09. The summed E-state index contributed by atoms with van der Waals surface area (Å²) in [6.07, 6.45) is 4.12. The van der Waals surface area contributed by atoms with Crippen LogP contribution in [0.4, 0.5) is 0 Å². The number of rotatable bonds is 3. The van der Waals surface area contributed by atoms with Crippen molar-refractivity contribution in [2.45, 2.75) is 18.9 Å². The van der Waals surface area contributed by atoms with Gasteiger partial charge < -0.3 is 10.2 Å². The molecule has 0 aliphatic heterocycles. The van der Waals surface area contributed by atoms with Gasteiger partial charge in [0.25, 0.3) is 0 Å². The van der Waals surface area contributed by atoms with Gasteiger partial charge in [0, 0.05) is 10.8 Å². The summed E-state index contributed by atoms with van der Waals surface area (Å²) >= 11 is 7.12. The van der Waals surface area contributed by atoms with Crippen molar-refractivity contribution < 1.29 is 15.0 Å². The number of aliphatic hydroxyl groups is 1. The lowest BCUT2D eigenvalue weighted by Gasteiger charge is -2.28. The lowest BCUT2D eigenvalue weighted by Crippen LogP contribution is -2.29. The molecule has 1 heterocycles. The molecule has 0 amide bonds. The maximum atomic E-state index is 11.1. The van der Waals surface area contributed by atoms with Crippen LogP contribution in [0.15, 0.2) is 24.3 Å². The highest BCUT2D eigenvalue weighted by Gasteiger charge is 2.34. The second kappa shape index (κ2) is 5.21. The average molecular weight is 273 g/mol. The molecular weight excluding hydrogens is 260 g/mol. The standard InChI is InChI=1S/C12H13ClO3S/c13-10-6-5-9(17-10)11(14)7-3-1-2-4-8(7)12(15)16/h1-2,5-8,11,14H,3-4H2,(H,15,16). The van der Waals surface area contributed by atoms with Crippen LogP contribution >= 0.6 is 22.9 Å². The highest BCUT2D eigenvalue weighted by atomic mass is 35.5. The summed E-state index contributed by atoms with van der Waals surface area (Å²) in [6, 6.07) is 3.48. The number of aliphatic hydroxyl groups excluding tert-OH is 1. The Morgan fingerprint density at radius 2 is 2.12 bits per heavy atom. The zero-order valence-electron chi connectivity index (χ0n) is 9.04. The van der Waals surface area contributed by atoms with Crippen LogP contribution < -0.4 is 0 Å². The quantitative estimate of drug-likeness (QED) is 0.832. The maximum Gasteiger partial charge on any atom is 0.307 e. The number of hydrogen-bond donors (Lipinski definition) is 2. The van der Waals surface area contributed by atoms with Crippen molar-refractivity contribution in [1.82, 2.24) is 0 Å². The summed E-state index contributed by atoms with van der Waals surface area (Å²) in [5, 5.41) is 19.4. The molecule has 1 aromatic rings. The first kappa shape index (κ1) is 12.6. The molecule has 0 saturated carbocycles. The first-order valence-corrected chi connectivity index (χ1v) is 6.60. The molecule has 0 radical (unpaired) electrons. The topological polar surface area (TPSA) is 57.5 Å². The molecule has 0 spiro atoms. The molecule has 2 rings (SSSR count). The second-order valence-electron chi connectivity index (χ2n) is 4.14. The van der Waals surface area contributed by atoms with Gasteiger partial charge in [0.2, 0.25) is 0 Å². The Morgan fingerprint density at radius 3 is 2.71 bits per heavy atom. The third kappa shape index (κ3) is 2.70. The molecule has 0 bridgehead atoms. The van der Waals surface area contributed by atoms with Crippen molar-refractivity contribution >= 4 is 28.9 Å². The number of carbonyl (C=O) groups is 1. The molecular formula is C12H13ClO3S. The Labute approximate surface area is 108 Å². The Bertz CT molecular complexity index is 441. The minimum absolute atomic E-state index is 0.271. The van der Waals surface area contributed by atoms with E-state index in [4.69, 9.17) is 16.7 Å². The molecule has 1 aliphatic carbocycles. The van der Waals surface area contributed by atoms with Crippen molar-refractivity contribution in [3.63, 3.8) is 0 Å². The van der Waals surface area contributed by atoms with Gasteiger partial charge in [-0.05, 0) is 25.0 Å². The lowest BCUT2D eigenvalue weighted by atomic mass is 9.79. The Hall–Kier alpha value is -0.840. The van der Waals surface area contributed by atoms with Gasteiger partial charge in [-0.1, -0.05) is 23.8 Å². The van der Waals surface area contributed by atoms with Gasteiger partial charge in [0.05, 0.1) is 16.4 Å². The van der Waals surface area contributed by atoms with E-state index in [1.165, 1.54) is 11.3 Å². The van der Waals surface area contributed by atoms with E-state index < -0.39 is 18.0 Å². The van der Waals surface area contributed by atoms with Crippen molar-refractivity contribution in [3.8, 4) is 0 Å². The first-order valence-electron chi connectivity index (χ1n) is 5.40. The molecule has 1 aliphatic rings. The monoisotopic (exact) mass is 272 g/mol. The number of aliphatic carboxylic acids is 1. The SMILES string of the molecule is O=C(O)C1CC=CCC1C(O)c1ccc(Cl)s1. The number of carboxylic acids is 1. The van der Waals surface area contributed by atoms with Gasteiger partial charge in [0.1, 0.15) is 0 Å². The van der Waals surface area contributed by atoms with E-state index >= 15 is 0 Å². The van der Waals surface area contributed by atoms with Crippen molar-refractivity contribution in [2.75, 3.05) is 0 Å². The highest BCUT2D eigenvalue weighted by Crippen LogP contribution is 2.39. The minimum Gasteiger partial charge on any atom is -0.481 e. The van der Waals surface area contributed by atoms with Crippen molar-refractivity contribution in [2.24, 2.45) is 11.8 Å². The summed E-state index contributed by atoms with van der Waals surface area (Å²) in [5.74, 6) is -1.64. The smallest absolute Gasteiger partial charge is 0.307 e. The molecule has 2 N–H and O–H groups in total. The Kier molecular flexibility index (Phi) is 3.86. The fourth-order valence-electron chi connectivity index (χ4n) is 2.17. The number of allylic oxidation sites excluding steroid dienone is 2. The molecule has 3 nitrogen and oxygen atoms in total. The van der Waals surface area contributed by atoms with Crippen molar-refractivity contribution in [1.29, 1.82) is 0 Å². The van der Waals surface area contributed by atoms with Crippen LogP contribution in [0.1, 0.15) is 23.8 Å². The van der Waals surface area contributed by atoms with Crippen LogP contribution in [0.5, 0.6) is 0 Å². The average Bonchev–Trinajstić information content (AvgIpc) is 2.75. The van der Waals surface area contributed by atoms with Gasteiger partial charge in [-0.25, -0.2) is 0 Å². The fourth-order valence-corrected chi connectivity index (χ4v) is 3.29. The molecule has 3 unspecified atom stereocenters. The lowest BCUT2D eigenvalue weighted by molar-refractivity contribution is -0.145. The van der Waals surface area contributed by atoms with E-state index in [0.29, 0.717) is 17.2 Å². The third-order valence-corrected chi connectivity index (χ3v) is 4.39. The summed E-state index contributed by atoms with van der Waals surface area (Å²) in [6.45, 7) is 0.